The molecule has 106 valence electrons. The first-order chi connectivity index (χ1) is 9.40. The zero-order valence-electron chi connectivity index (χ0n) is 12.1. The molecular formula is C15H18ClN3O. The van der Waals surface area contributed by atoms with Gasteiger partial charge in [-0.25, -0.2) is 0 Å². The summed E-state index contributed by atoms with van der Waals surface area (Å²) in [5.74, 6) is -0.110. The van der Waals surface area contributed by atoms with Gasteiger partial charge in [0.1, 0.15) is 6.04 Å². The molecule has 1 amide bonds. The van der Waals surface area contributed by atoms with Gasteiger partial charge in [0, 0.05) is 5.69 Å². The van der Waals surface area contributed by atoms with Crippen LogP contribution in [0.4, 0.5) is 5.69 Å². The monoisotopic (exact) mass is 291 g/mol. The molecule has 0 aliphatic carbocycles. The van der Waals surface area contributed by atoms with Gasteiger partial charge < -0.3 is 5.32 Å². The summed E-state index contributed by atoms with van der Waals surface area (Å²) < 4.78 is 1.63. The van der Waals surface area contributed by atoms with Crippen LogP contribution in [0.1, 0.15) is 29.8 Å². The molecule has 0 spiro atoms. The van der Waals surface area contributed by atoms with E-state index in [4.69, 9.17) is 11.6 Å². The van der Waals surface area contributed by atoms with Crippen LogP contribution in [-0.4, -0.2) is 15.7 Å². The Kier molecular flexibility index (Phi) is 4.14. The van der Waals surface area contributed by atoms with Crippen LogP contribution in [0.5, 0.6) is 0 Å². The molecule has 0 fully saturated rings. The lowest BCUT2D eigenvalue weighted by molar-refractivity contribution is -0.119. The van der Waals surface area contributed by atoms with Crippen molar-refractivity contribution in [3.63, 3.8) is 0 Å². The summed E-state index contributed by atoms with van der Waals surface area (Å²) >= 11 is 5.97. The molecule has 2 rings (SSSR count). The number of anilines is 1. The van der Waals surface area contributed by atoms with Gasteiger partial charge in [-0.1, -0.05) is 23.7 Å². The highest BCUT2D eigenvalue weighted by atomic mass is 35.5. The lowest BCUT2D eigenvalue weighted by atomic mass is 10.1. The summed E-state index contributed by atoms with van der Waals surface area (Å²) in [6.07, 6.45) is 1.55. The first-order valence-corrected chi connectivity index (χ1v) is 6.85. The average Bonchev–Trinajstić information content (AvgIpc) is 2.73. The van der Waals surface area contributed by atoms with E-state index in [2.05, 4.69) is 10.4 Å². The number of rotatable bonds is 3. The van der Waals surface area contributed by atoms with Crippen LogP contribution in [0.25, 0.3) is 0 Å². The Bertz CT molecular complexity index is 649. The predicted octanol–water partition coefficient (Wildman–Crippen LogP) is 3.66. The maximum atomic E-state index is 12.3. The topological polar surface area (TPSA) is 46.9 Å². The van der Waals surface area contributed by atoms with Gasteiger partial charge in [0.25, 0.3) is 0 Å². The van der Waals surface area contributed by atoms with E-state index in [1.807, 2.05) is 39.0 Å². The van der Waals surface area contributed by atoms with Crippen molar-refractivity contribution in [3.05, 3.63) is 46.2 Å². The fourth-order valence-corrected chi connectivity index (χ4v) is 2.14. The number of carbonyl (C=O) groups excluding carboxylic acids is 1. The summed E-state index contributed by atoms with van der Waals surface area (Å²) in [6, 6.07) is 5.56. The molecule has 4 nitrogen and oxygen atoms in total. The molecule has 1 heterocycles. The first-order valence-electron chi connectivity index (χ1n) is 6.48. The van der Waals surface area contributed by atoms with Crippen LogP contribution >= 0.6 is 11.6 Å². The van der Waals surface area contributed by atoms with Crippen molar-refractivity contribution in [1.82, 2.24) is 9.78 Å². The fourth-order valence-electron chi connectivity index (χ4n) is 2.01. The van der Waals surface area contributed by atoms with Crippen molar-refractivity contribution >= 4 is 23.2 Å². The van der Waals surface area contributed by atoms with Crippen LogP contribution in [0.2, 0.25) is 5.02 Å². The highest BCUT2D eigenvalue weighted by Gasteiger charge is 2.19. The van der Waals surface area contributed by atoms with E-state index in [-0.39, 0.29) is 5.91 Å². The third-order valence-corrected chi connectivity index (χ3v) is 3.75. The molecule has 1 aromatic carbocycles. The molecule has 0 aliphatic heterocycles. The third kappa shape index (κ3) is 2.85. The average molecular weight is 292 g/mol. The van der Waals surface area contributed by atoms with Gasteiger partial charge in [0.05, 0.1) is 16.9 Å². The minimum Gasteiger partial charge on any atom is -0.324 e. The van der Waals surface area contributed by atoms with Crippen molar-refractivity contribution in [2.75, 3.05) is 5.32 Å². The maximum Gasteiger partial charge on any atom is 0.248 e. The highest BCUT2D eigenvalue weighted by molar-refractivity contribution is 6.31. The van der Waals surface area contributed by atoms with Gasteiger partial charge in [-0.3, -0.25) is 9.48 Å². The number of aromatic nitrogens is 2. The number of amides is 1. The first kappa shape index (κ1) is 14.6. The molecule has 0 aliphatic rings. The van der Waals surface area contributed by atoms with Crippen molar-refractivity contribution < 1.29 is 4.79 Å². The van der Waals surface area contributed by atoms with E-state index < -0.39 is 6.04 Å². The molecule has 5 heteroatoms. The number of benzene rings is 1. The largest absolute Gasteiger partial charge is 0.324 e. The molecule has 20 heavy (non-hydrogen) atoms. The van der Waals surface area contributed by atoms with Crippen molar-refractivity contribution in [2.45, 2.75) is 33.7 Å². The lowest BCUT2D eigenvalue weighted by Crippen LogP contribution is -2.25. The van der Waals surface area contributed by atoms with E-state index in [0.29, 0.717) is 5.02 Å². The van der Waals surface area contributed by atoms with Crippen LogP contribution in [0.3, 0.4) is 0 Å². The van der Waals surface area contributed by atoms with Crippen molar-refractivity contribution in [1.29, 1.82) is 0 Å². The van der Waals surface area contributed by atoms with E-state index in [1.54, 1.807) is 17.8 Å². The molecule has 0 saturated heterocycles. The van der Waals surface area contributed by atoms with Crippen LogP contribution < -0.4 is 5.32 Å². The molecule has 0 saturated carbocycles. The Morgan fingerprint density at radius 2 is 2.05 bits per heavy atom. The Morgan fingerprint density at radius 3 is 2.65 bits per heavy atom. The van der Waals surface area contributed by atoms with Gasteiger partial charge in [0.15, 0.2) is 0 Å². The number of hydrogen-bond acceptors (Lipinski definition) is 2. The summed E-state index contributed by atoms with van der Waals surface area (Å²) in [5, 5.41) is 7.65. The molecule has 2 aromatic rings. The van der Waals surface area contributed by atoms with Crippen LogP contribution in [0.15, 0.2) is 24.4 Å². The predicted molar refractivity (Wildman–Crippen MR) is 81.2 cm³/mol. The van der Waals surface area contributed by atoms with Crippen molar-refractivity contribution in [3.8, 4) is 0 Å². The van der Waals surface area contributed by atoms with Crippen LogP contribution in [0, 0.1) is 20.8 Å². The summed E-state index contributed by atoms with van der Waals surface area (Å²) in [4.78, 5) is 12.3. The van der Waals surface area contributed by atoms with Crippen LogP contribution in [-0.2, 0) is 4.79 Å². The fraction of sp³-hybridized carbons (Fsp3) is 0.333. The molecule has 1 atom stereocenters. The minimum absolute atomic E-state index is 0.110. The summed E-state index contributed by atoms with van der Waals surface area (Å²) in [6.45, 7) is 7.61. The van der Waals surface area contributed by atoms with E-state index in [0.717, 1.165) is 22.5 Å². The van der Waals surface area contributed by atoms with Gasteiger partial charge in [-0.15, -0.1) is 0 Å². The smallest absolute Gasteiger partial charge is 0.248 e. The number of carbonyl (C=O) groups is 1. The second-order valence-corrected chi connectivity index (χ2v) is 5.41. The number of aryl methyl sites for hydroxylation is 2. The van der Waals surface area contributed by atoms with E-state index in [1.165, 1.54) is 0 Å². The van der Waals surface area contributed by atoms with E-state index in [9.17, 15) is 4.79 Å². The summed E-state index contributed by atoms with van der Waals surface area (Å²) in [5.41, 5.74) is 3.76. The van der Waals surface area contributed by atoms with Gasteiger partial charge in [-0.2, -0.15) is 5.10 Å². The quantitative estimate of drug-likeness (QED) is 0.938. The van der Waals surface area contributed by atoms with Gasteiger partial charge in [-0.05, 0) is 44.9 Å². The van der Waals surface area contributed by atoms with Crippen molar-refractivity contribution in [2.24, 2.45) is 0 Å². The second-order valence-electron chi connectivity index (χ2n) is 5.01. The highest BCUT2D eigenvalue weighted by Crippen LogP contribution is 2.21. The lowest BCUT2D eigenvalue weighted by Gasteiger charge is -2.16. The molecule has 1 N–H and O–H groups in total. The van der Waals surface area contributed by atoms with Gasteiger partial charge >= 0.3 is 0 Å². The standard InChI is InChI=1S/C15H18ClN3O/c1-9-5-6-10(2)14(7-9)18-15(20)12(4)19-11(3)13(16)8-17-19/h5-8,12H,1-4H3,(H,18,20). The second kappa shape index (κ2) is 5.67. The molecular weight excluding hydrogens is 274 g/mol. The van der Waals surface area contributed by atoms with Gasteiger partial charge in [0.2, 0.25) is 5.91 Å². The number of nitrogens with zero attached hydrogens (tertiary/aromatic N) is 2. The minimum atomic E-state index is -0.414. The Balaban J connectivity index is 2.20. The zero-order chi connectivity index (χ0) is 14.9. The molecule has 1 unspecified atom stereocenters. The number of halogens is 1. The number of hydrogen-bond donors (Lipinski definition) is 1. The normalized spacial score (nSPS) is 12.2. The molecule has 0 bridgehead atoms. The molecule has 1 aromatic heterocycles. The Labute approximate surface area is 123 Å². The SMILES string of the molecule is Cc1ccc(C)c(NC(=O)C(C)n2ncc(Cl)c2C)c1. The Hall–Kier alpha value is -1.81. The zero-order valence-corrected chi connectivity index (χ0v) is 12.8. The number of nitrogens with one attached hydrogen (secondary N) is 1. The third-order valence-electron chi connectivity index (χ3n) is 3.38. The Morgan fingerprint density at radius 1 is 1.35 bits per heavy atom. The molecule has 0 radical (unpaired) electrons. The maximum absolute atomic E-state index is 12.3. The summed E-state index contributed by atoms with van der Waals surface area (Å²) in [7, 11) is 0. The van der Waals surface area contributed by atoms with E-state index >= 15 is 0 Å².